The molecule has 2 atom stereocenters. The normalized spacial score (nSPS) is 24.0. The summed E-state index contributed by atoms with van der Waals surface area (Å²) in [7, 11) is 0. The van der Waals surface area contributed by atoms with Crippen LogP contribution in [-0.4, -0.2) is 47.0 Å². The van der Waals surface area contributed by atoms with E-state index in [0.29, 0.717) is 25.8 Å². The van der Waals surface area contributed by atoms with Crippen LogP contribution in [0.5, 0.6) is 0 Å². The summed E-state index contributed by atoms with van der Waals surface area (Å²) in [5, 5.41) is 11.5. The molecule has 19 heavy (non-hydrogen) atoms. The Labute approximate surface area is 112 Å². The van der Waals surface area contributed by atoms with Gasteiger partial charge in [-0.05, 0) is 19.8 Å². The number of carbonyl (C=O) groups is 3. The van der Waals surface area contributed by atoms with Gasteiger partial charge in [-0.3, -0.25) is 4.79 Å². The zero-order valence-corrected chi connectivity index (χ0v) is 11.3. The maximum absolute atomic E-state index is 11.9. The fraction of sp³-hybridized carbons (Fsp3) is 0.750. The smallest absolute Gasteiger partial charge is 0.326 e. The second kappa shape index (κ2) is 5.90. The molecular formula is C12H21N3O4. The molecule has 1 aliphatic rings. The van der Waals surface area contributed by atoms with E-state index in [4.69, 9.17) is 10.8 Å². The zero-order chi connectivity index (χ0) is 14.6. The minimum Gasteiger partial charge on any atom is -0.480 e. The molecule has 0 spiro atoms. The quantitative estimate of drug-likeness (QED) is 0.660. The van der Waals surface area contributed by atoms with Crippen molar-refractivity contribution in [3.8, 4) is 0 Å². The summed E-state index contributed by atoms with van der Waals surface area (Å²) in [4.78, 5) is 35.6. The molecule has 0 aliphatic carbocycles. The first-order valence-electron chi connectivity index (χ1n) is 6.38. The predicted octanol–water partition coefficient (Wildman–Crippen LogP) is 0.147. The maximum atomic E-state index is 11.9. The summed E-state index contributed by atoms with van der Waals surface area (Å²) in [6.45, 7) is 4.20. The number of primary amides is 1. The lowest BCUT2D eigenvalue weighted by molar-refractivity contribution is -0.139. The minimum atomic E-state index is -1.05. The number of urea groups is 1. The molecule has 0 aromatic heterocycles. The average Bonchev–Trinajstić information content (AvgIpc) is 2.72. The molecule has 1 heterocycles. The number of amides is 3. The second-order valence-corrected chi connectivity index (χ2v) is 5.23. The molecule has 1 aliphatic heterocycles. The van der Waals surface area contributed by atoms with Crippen LogP contribution in [0.3, 0.4) is 0 Å². The lowest BCUT2D eigenvalue weighted by atomic mass is 9.89. The highest BCUT2D eigenvalue weighted by Gasteiger charge is 2.41. The van der Waals surface area contributed by atoms with Gasteiger partial charge in [0.05, 0.1) is 5.41 Å². The van der Waals surface area contributed by atoms with Gasteiger partial charge in [-0.25, -0.2) is 9.59 Å². The number of hydrogen-bond donors (Lipinski definition) is 3. The Morgan fingerprint density at radius 2 is 2.11 bits per heavy atom. The van der Waals surface area contributed by atoms with Crippen LogP contribution in [0.2, 0.25) is 0 Å². The molecule has 1 unspecified atom stereocenters. The van der Waals surface area contributed by atoms with E-state index in [1.807, 2.05) is 6.92 Å². The third-order valence-corrected chi connectivity index (χ3v) is 3.53. The average molecular weight is 271 g/mol. The third kappa shape index (κ3) is 3.59. The summed E-state index contributed by atoms with van der Waals surface area (Å²) < 4.78 is 0. The highest BCUT2D eigenvalue weighted by Crippen LogP contribution is 2.29. The largest absolute Gasteiger partial charge is 0.480 e. The molecule has 7 heteroatoms. The van der Waals surface area contributed by atoms with Crippen LogP contribution in [0.15, 0.2) is 0 Å². The van der Waals surface area contributed by atoms with Crippen molar-refractivity contribution >= 4 is 17.9 Å². The molecule has 4 N–H and O–H groups in total. The summed E-state index contributed by atoms with van der Waals surface area (Å²) in [6, 6.07) is -1.34. The number of carboxylic acid groups (broad SMARTS) is 1. The summed E-state index contributed by atoms with van der Waals surface area (Å²) in [5.41, 5.74) is 4.58. The fourth-order valence-electron chi connectivity index (χ4n) is 2.12. The van der Waals surface area contributed by atoms with Crippen molar-refractivity contribution in [2.24, 2.45) is 11.1 Å². The van der Waals surface area contributed by atoms with Crippen LogP contribution >= 0.6 is 0 Å². The first kappa shape index (κ1) is 15.3. The first-order chi connectivity index (χ1) is 8.80. The van der Waals surface area contributed by atoms with Crippen LogP contribution in [0.1, 0.15) is 33.1 Å². The molecule has 0 aromatic carbocycles. The van der Waals surface area contributed by atoms with Gasteiger partial charge in [-0.15, -0.1) is 0 Å². The lowest BCUT2D eigenvalue weighted by Crippen LogP contribution is -2.48. The van der Waals surface area contributed by atoms with E-state index in [0.717, 1.165) is 0 Å². The number of aliphatic carboxylic acids is 1. The Morgan fingerprint density at radius 1 is 1.47 bits per heavy atom. The number of carbonyl (C=O) groups excluding carboxylic acids is 2. The van der Waals surface area contributed by atoms with Gasteiger partial charge < -0.3 is 21.1 Å². The highest BCUT2D eigenvalue weighted by molar-refractivity contribution is 5.85. The summed E-state index contributed by atoms with van der Waals surface area (Å²) in [5.74, 6) is -1.49. The molecule has 0 radical (unpaired) electrons. The van der Waals surface area contributed by atoms with Gasteiger partial charge in [0, 0.05) is 13.1 Å². The van der Waals surface area contributed by atoms with E-state index >= 15 is 0 Å². The van der Waals surface area contributed by atoms with Crippen molar-refractivity contribution in [3.63, 3.8) is 0 Å². The fourth-order valence-corrected chi connectivity index (χ4v) is 2.12. The van der Waals surface area contributed by atoms with Crippen LogP contribution in [0.25, 0.3) is 0 Å². The number of rotatable bonds is 5. The van der Waals surface area contributed by atoms with Crippen molar-refractivity contribution in [2.75, 3.05) is 13.1 Å². The Balaban J connectivity index is 2.60. The van der Waals surface area contributed by atoms with E-state index in [2.05, 4.69) is 5.32 Å². The van der Waals surface area contributed by atoms with Gasteiger partial charge in [-0.1, -0.05) is 13.3 Å². The number of nitrogens with two attached hydrogens (primary N) is 1. The number of carboxylic acids is 1. The molecule has 7 nitrogen and oxygen atoms in total. The maximum Gasteiger partial charge on any atom is 0.326 e. The second-order valence-electron chi connectivity index (χ2n) is 5.23. The van der Waals surface area contributed by atoms with Crippen molar-refractivity contribution < 1.29 is 19.5 Å². The van der Waals surface area contributed by atoms with E-state index in [1.54, 1.807) is 6.92 Å². The molecule has 0 bridgehead atoms. The van der Waals surface area contributed by atoms with Gasteiger partial charge in [0.15, 0.2) is 0 Å². The van der Waals surface area contributed by atoms with Crippen LogP contribution in [-0.2, 0) is 9.59 Å². The molecule has 1 rings (SSSR count). The molecule has 0 aromatic rings. The van der Waals surface area contributed by atoms with Gasteiger partial charge in [-0.2, -0.15) is 0 Å². The standard InChI is InChI=1S/C12H21N3O4/c1-3-4-8(9(16)17)14-11(19)15-6-5-12(2,7-15)10(13)18/h8H,3-7H2,1-2H3,(H2,13,18)(H,14,19)(H,16,17)/t8-,12?/m0/s1. The van der Waals surface area contributed by atoms with E-state index in [1.165, 1.54) is 4.90 Å². The topological polar surface area (TPSA) is 113 Å². The van der Waals surface area contributed by atoms with Crippen molar-refractivity contribution in [3.05, 3.63) is 0 Å². The van der Waals surface area contributed by atoms with Gasteiger partial charge in [0.2, 0.25) is 5.91 Å². The summed E-state index contributed by atoms with van der Waals surface area (Å²) >= 11 is 0. The summed E-state index contributed by atoms with van der Waals surface area (Å²) in [6.07, 6.45) is 1.54. The third-order valence-electron chi connectivity index (χ3n) is 3.53. The molecule has 0 saturated carbocycles. The number of likely N-dealkylation sites (tertiary alicyclic amines) is 1. The van der Waals surface area contributed by atoms with E-state index in [9.17, 15) is 14.4 Å². The highest BCUT2D eigenvalue weighted by atomic mass is 16.4. The Kier molecular flexibility index (Phi) is 4.74. The first-order valence-corrected chi connectivity index (χ1v) is 6.38. The Morgan fingerprint density at radius 3 is 2.53 bits per heavy atom. The van der Waals surface area contributed by atoms with Crippen molar-refractivity contribution in [1.82, 2.24) is 10.2 Å². The molecule has 3 amide bonds. The minimum absolute atomic E-state index is 0.229. The van der Waals surface area contributed by atoms with Gasteiger partial charge in [0.25, 0.3) is 0 Å². The van der Waals surface area contributed by atoms with E-state index < -0.39 is 29.4 Å². The number of nitrogens with one attached hydrogen (secondary N) is 1. The Hall–Kier alpha value is -1.79. The number of hydrogen-bond acceptors (Lipinski definition) is 3. The van der Waals surface area contributed by atoms with Crippen molar-refractivity contribution in [1.29, 1.82) is 0 Å². The monoisotopic (exact) mass is 271 g/mol. The van der Waals surface area contributed by atoms with Crippen LogP contribution in [0, 0.1) is 5.41 Å². The molecule has 1 fully saturated rings. The molecule has 1 saturated heterocycles. The van der Waals surface area contributed by atoms with Crippen LogP contribution < -0.4 is 11.1 Å². The SMILES string of the molecule is CCC[C@H](NC(=O)N1CCC(C)(C(N)=O)C1)C(=O)O. The van der Waals surface area contributed by atoms with E-state index in [-0.39, 0.29) is 6.54 Å². The Bertz CT molecular complexity index is 385. The molecule has 108 valence electrons. The lowest BCUT2D eigenvalue weighted by Gasteiger charge is -2.23. The van der Waals surface area contributed by atoms with Crippen LogP contribution in [0.4, 0.5) is 4.79 Å². The predicted molar refractivity (Wildman–Crippen MR) is 68.4 cm³/mol. The van der Waals surface area contributed by atoms with Gasteiger partial charge >= 0.3 is 12.0 Å². The number of nitrogens with zero attached hydrogens (tertiary/aromatic N) is 1. The van der Waals surface area contributed by atoms with Gasteiger partial charge in [0.1, 0.15) is 6.04 Å². The van der Waals surface area contributed by atoms with Crippen molar-refractivity contribution in [2.45, 2.75) is 39.2 Å². The zero-order valence-electron chi connectivity index (χ0n) is 11.3. The molecular weight excluding hydrogens is 250 g/mol.